The van der Waals surface area contributed by atoms with Crippen molar-refractivity contribution in [3.05, 3.63) is 45.0 Å². The second-order valence-electron chi connectivity index (χ2n) is 2.46. The maximum Gasteiger partial charge on any atom is 0.270 e. The van der Waals surface area contributed by atoms with Gasteiger partial charge in [-0.05, 0) is 17.7 Å². The largest absolute Gasteiger partial charge is 0.299 e. The summed E-state index contributed by atoms with van der Waals surface area (Å²) in [4.78, 5) is 19.8. The van der Waals surface area contributed by atoms with Crippen LogP contribution in [0.2, 0.25) is 5.02 Å². The van der Waals surface area contributed by atoms with E-state index in [2.05, 4.69) is 0 Å². The van der Waals surface area contributed by atoms with Crippen LogP contribution in [-0.2, 0) is 4.79 Å². The number of rotatable bonds is 3. The van der Waals surface area contributed by atoms with Crippen molar-refractivity contribution in [2.75, 3.05) is 0 Å². The smallest absolute Gasteiger partial charge is 0.270 e. The summed E-state index contributed by atoms with van der Waals surface area (Å²) >= 11 is 5.74. The van der Waals surface area contributed by atoms with Crippen LogP contribution < -0.4 is 0 Å². The Hall–Kier alpha value is -1.68. The highest BCUT2D eigenvalue weighted by Gasteiger charge is 2.07. The molecule has 0 amide bonds. The van der Waals surface area contributed by atoms with Crippen LogP contribution in [0.15, 0.2) is 24.3 Å². The van der Waals surface area contributed by atoms with Crippen LogP contribution in [0.3, 0.4) is 0 Å². The van der Waals surface area contributed by atoms with Crippen molar-refractivity contribution in [3.63, 3.8) is 0 Å². The lowest BCUT2D eigenvalue weighted by molar-refractivity contribution is -0.384. The van der Waals surface area contributed by atoms with Crippen molar-refractivity contribution in [1.29, 1.82) is 0 Å². The summed E-state index contributed by atoms with van der Waals surface area (Å²) in [5.74, 6) is 0. The second-order valence-corrected chi connectivity index (χ2v) is 2.87. The van der Waals surface area contributed by atoms with E-state index in [-0.39, 0.29) is 10.7 Å². The summed E-state index contributed by atoms with van der Waals surface area (Å²) in [5, 5.41) is 10.6. The summed E-state index contributed by atoms with van der Waals surface area (Å²) in [5.41, 5.74) is 0.502. The first kappa shape index (κ1) is 10.4. The van der Waals surface area contributed by atoms with Gasteiger partial charge in [0.1, 0.15) is 6.29 Å². The number of hydrogen-bond acceptors (Lipinski definition) is 3. The zero-order chi connectivity index (χ0) is 10.6. The van der Waals surface area contributed by atoms with Gasteiger partial charge in [-0.25, -0.2) is 0 Å². The van der Waals surface area contributed by atoms with Crippen molar-refractivity contribution in [3.8, 4) is 0 Å². The molecule has 0 N–H and O–H groups in total. The van der Waals surface area contributed by atoms with E-state index < -0.39 is 4.92 Å². The Bertz CT molecular complexity index is 401. The number of nitro groups is 1. The zero-order valence-corrected chi connectivity index (χ0v) is 7.77. The van der Waals surface area contributed by atoms with E-state index in [1.165, 1.54) is 30.4 Å². The fourth-order valence-corrected chi connectivity index (χ4v) is 1.15. The van der Waals surface area contributed by atoms with Crippen LogP contribution in [-0.4, -0.2) is 11.2 Å². The Balaban J connectivity index is 3.07. The van der Waals surface area contributed by atoms with E-state index in [1.807, 2.05) is 0 Å². The van der Waals surface area contributed by atoms with E-state index in [9.17, 15) is 14.9 Å². The zero-order valence-electron chi connectivity index (χ0n) is 7.01. The van der Waals surface area contributed by atoms with E-state index >= 15 is 0 Å². The molecule has 72 valence electrons. The minimum absolute atomic E-state index is 0.0711. The lowest BCUT2D eigenvalue weighted by Crippen LogP contribution is -1.87. The first-order valence-corrected chi connectivity index (χ1v) is 4.08. The predicted molar refractivity (Wildman–Crippen MR) is 53.2 cm³/mol. The third kappa shape index (κ3) is 2.40. The molecule has 1 aromatic carbocycles. The number of aldehydes is 1. The molecule has 0 aliphatic rings. The van der Waals surface area contributed by atoms with Gasteiger partial charge in [-0.15, -0.1) is 0 Å². The van der Waals surface area contributed by atoms with Crippen molar-refractivity contribution in [2.24, 2.45) is 0 Å². The highest BCUT2D eigenvalue weighted by atomic mass is 35.5. The molecule has 0 atom stereocenters. The molecule has 0 radical (unpaired) electrons. The molecule has 0 bridgehead atoms. The van der Waals surface area contributed by atoms with Gasteiger partial charge in [0.2, 0.25) is 0 Å². The summed E-state index contributed by atoms with van der Waals surface area (Å²) in [6, 6.07) is 4.06. The van der Waals surface area contributed by atoms with Crippen molar-refractivity contribution < 1.29 is 9.72 Å². The number of hydrogen-bond donors (Lipinski definition) is 0. The lowest BCUT2D eigenvalue weighted by atomic mass is 10.2. The molecule has 4 nitrogen and oxygen atoms in total. The van der Waals surface area contributed by atoms with Gasteiger partial charge < -0.3 is 0 Å². The van der Waals surface area contributed by atoms with E-state index in [4.69, 9.17) is 11.6 Å². The fraction of sp³-hybridized carbons (Fsp3) is 0. The molecule has 0 unspecified atom stereocenters. The van der Waals surface area contributed by atoms with Crippen LogP contribution in [0.1, 0.15) is 5.56 Å². The molecule has 0 aliphatic heterocycles. The van der Waals surface area contributed by atoms with E-state index in [1.54, 1.807) is 0 Å². The Labute approximate surface area is 85.0 Å². The van der Waals surface area contributed by atoms with Gasteiger partial charge in [0.15, 0.2) is 0 Å². The third-order valence-corrected chi connectivity index (χ3v) is 1.88. The van der Waals surface area contributed by atoms with Crippen molar-refractivity contribution in [1.82, 2.24) is 0 Å². The summed E-state index contributed by atoms with van der Waals surface area (Å²) in [6.45, 7) is 0. The monoisotopic (exact) mass is 211 g/mol. The van der Waals surface area contributed by atoms with Gasteiger partial charge in [-0.2, -0.15) is 0 Å². The van der Waals surface area contributed by atoms with E-state index in [0.717, 1.165) is 0 Å². The quantitative estimate of drug-likeness (QED) is 0.334. The highest BCUT2D eigenvalue weighted by Crippen LogP contribution is 2.23. The maximum atomic E-state index is 10.4. The molecule has 0 saturated carbocycles. The Kier molecular flexibility index (Phi) is 3.36. The molecule has 1 rings (SSSR count). The Morgan fingerprint density at radius 3 is 2.64 bits per heavy atom. The lowest BCUT2D eigenvalue weighted by Gasteiger charge is -1.96. The minimum Gasteiger partial charge on any atom is -0.299 e. The summed E-state index contributed by atoms with van der Waals surface area (Å²) in [7, 11) is 0. The Morgan fingerprint density at radius 1 is 1.43 bits per heavy atom. The molecule has 0 heterocycles. The number of nitro benzene ring substituents is 1. The molecule has 0 spiro atoms. The number of allylic oxidation sites excluding steroid dienone is 1. The predicted octanol–water partition coefficient (Wildman–Crippen LogP) is 2.46. The molecule has 1 aromatic rings. The third-order valence-electron chi connectivity index (χ3n) is 1.55. The number of non-ortho nitro benzene ring substituents is 1. The SMILES string of the molecule is O=C/C=C\c1ccc([N+](=O)[O-])cc1Cl. The number of halogens is 1. The van der Waals surface area contributed by atoms with Gasteiger partial charge in [0.25, 0.3) is 5.69 Å². The van der Waals surface area contributed by atoms with Crippen LogP contribution in [0.5, 0.6) is 0 Å². The first-order valence-electron chi connectivity index (χ1n) is 3.71. The molecule has 14 heavy (non-hydrogen) atoms. The van der Waals surface area contributed by atoms with Crippen LogP contribution in [0.4, 0.5) is 5.69 Å². The number of nitrogens with zero attached hydrogens (tertiary/aromatic N) is 1. The maximum absolute atomic E-state index is 10.4. The van der Waals surface area contributed by atoms with Crippen LogP contribution in [0, 0.1) is 10.1 Å². The van der Waals surface area contributed by atoms with Crippen LogP contribution in [0.25, 0.3) is 6.08 Å². The van der Waals surface area contributed by atoms with Gasteiger partial charge in [-0.1, -0.05) is 17.7 Å². The normalized spacial score (nSPS) is 10.4. The molecular formula is C9H6ClNO3. The molecular weight excluding hydrogens is 206 g/mol. The molecule has 0 fully saturated rings. The van der Waals surface area contributed by atoms with E-state index in [0.29, 0.717) is 11.8 Å². The van der Waals surface area contributed by atoms with Crippen molar-refractivity contribution >= 4 is 29.7 Å². The summed E-state index contributed by atoms with van der Waals surface area (Å²) < 4.78 is 0. The summed E-state index contributed by atoms with van der Waals surface area (Å²) in [6.07, 6.45) is 3.36. The topological polar surface area (TPSA) is 60.2 Å². The number of benzene rings is 1. The van der Waals surface area contributed by atoms with Gasteiger partial charge >= 0.3 is 0 Å². The Morgan fingerprint density at radius 2 is 2.14 bits per heavy atom. The number of carbonyl (C=O) groups is 1. The molecule has 5 heteroatoms. The average molecular weight is 212 g/mol. The number of carbonyl (C=O) groups excluding carboxylic acids is 1. The standard InChI is InChI=1S/C9H6ClNO3/c10-9-6-8(11(13)14)4-3-7(9)2-1-5-12/h1-6H/b2-1-. The molecule has 0 aliphatic carbocycles. The first-order chi connectivity index (χ1) is 6.65. The highest BCUT2D eigenvalue weighted by molar-refractivity contribution is 6.32. The molecule has 0 saturated heterocycles. The van der Waals surface area contributed by atoms with Gasteiger partial charge in [0, 0.05) is 12.1 Å². The second kappa shape index (κ2) is 4.53. The van der Waals surface area contributed by atoms with Gasteiger partial charge in [-0.3, -0.25) is 14.9 Å². The molecule has 0 aromatic heterocycles. The fourth-order valence-electron chi connectivity index (χ4n) is 0.908. The van der Waals surface area contributed by atoms with Gasteiger partial charge in [0.05, 0.1) is 9.95 Å². The minimum atomic E-state index is -0.529. The van der Waals surface area contributed by atoms with Crippen LogP contribution >= 0.6 is 11.6 Å². The average Bonchev–Trinajstić information content (AvgIpc) is 2.15. The van der Waals surface area contributed by atoms with Crippen molar-refractivity contribution in [2.45, 2.75) is 0 Å².